The van der Waals surface area contributed by atoms with Crippen molar-refractivity contribution in [2.75, 3.05) is 0 Å². The molecule has 6 nitrogen and oxygen atoms in total. The first-order chi connectivity index (χ1) is 9.97. The van der Waals surface area contributed by atoms with E-state index in [0.717, 1.165) is 16.7 Å². The second kappa shape index (κ2) is 4.95. The Balaban J connectivity index is 2.08. The zero-order chi connectivity index (χ0) is 15.1. The molecule has 0 bridgehead atoms. The van der Waals surface area contributed by atoms with E-state index >= 15 is 0 Å². The zero-order valence-corrected chi connectivity index (χ0v) is 12.4. The van der Waals surface area contributed by atoms with Crippen LogP contribution in [-0.4, -0.2) is 26.6 Å². The van der Waals surface area contributed by atoms with Crippen LogP contribution in [0.4, 0.5) is 0 Å². The number of aryl methyl sites for hydroxylation is 1. The van der Waals surface area contributed by atoms with Gasteiger partial charge in [-0.2, -0.15) is 5.10 Å². The van der Waals surface area contributed by atoms with E-state index in [1.807, 2.05) is 19.2 Å². The topological polar surface area (TPSA) is 76.9 Å². The molecule has 6 heteroatoms. The Morgan fingerprint density at radius 1 is 1.33 bits per heavy atom. The van der Waals surface area contributed by atoms with E-state index in [9.17, 15) is 9.59 Å². The van der Waals surface area contributed by atoms with Crippen LogP contribution < -0.4 is 5.32 Å². The first-order valence-electron chi connectivity index (χ1n) is 7.14. The molecule has 0 radical (unpaired) electrons. The number of carbonyl (C=O) groups excluding carboxylic acids is 2. The van der Waals surface area contributed by atoms with Gasteiger partial charge in [0, 0.05) is 24.5 Å². The van der Waals surface area contributed by atoms with E-state index < -0.39 is 0 Å². The van der Waals surface area contributed by atoms with Crippen LogP contribution in [0.2, 0.25) is 0 Å². The standard InChI is InChI=1S/C15H18N4O2/c1-8(2)11-6-4-9-13(18-19(3)14(9)16-11)10-5-7-12(20)17-15(10)21/h4,6,8,10H,5,7H2,1-3H3,(H,17,20,21). The minimum absolute atomic E-state index is 0.211. The summed E-state index contributed by atoms with van der Waals surface area (Å²) in [4.78, 5) is 27.9. The molecule has 0 spiro atoms. The van der Waals surface area contributed by atoms with E-state index in [0.29, 0.717) is 24.5 Å². The lowest BCUT2D eigenvalue weighted by molar-refractivity contribution is -0.134. The number of aromatic nitrogens is 3. The first-order valence-corrected chi connectivity index (χ1v) is 7.14. The van der Waals surface area contributed by atoms with Gasteiger partial charge in [0.1, 0.15) is 0 Å². The molecule has 0 saturated carbocycles. The number of rotatable bonds is 2. The number of pyridine rings is 1. The number of nitrogens with one attached hydrogen (secondary N) is 1. The summed E-state index contributed by atoms with van der Waals surface area (Å²) >= 11 is 0. The van der Waals surface area contributed by atoms with Crippen molar-refractivity contribution in [2.45, 2.75) is 38.5 Å². The molecule has 1 fully saturated rings. The minimum Gasteiger partial charge on any atom is -0.296 e. The van der Waals surface area contributed by atoms with Crippen LogP contribution in [0.15, 0.2) is 12.1 Å². The fraction of sp³-hybridized carbons (Fsp3) is 0.467. The van der Waals surface area contributed by atoms with Crippen molar-refractivity contribution < 1.29 is 9.59 Å². The SMILES string of the molecule is CC(C)c1ccc2c(C3CCC(=O)NC3=O)nn(C)c2n1. The number of hydrogen-bond acceptors (Lipinski definition) is 4. The van der Waals surface area contributed by atoms with Crippen LogP contribution in [0, 0.1) is 0 Å². The molecule has 3 rings (SSSR count). The molecule has 1 N–H and O–H groups in total. The number of carbonyl (C=O) groups is 2. The van der Waals surface area contributed by atoms with Gasteiger partial charge in [-0.1, -0.05) is 13.8 Å². The lowest BCUT2D eigenvalue weighted by Gasteiger charge is -2.19. The van der Waals surface area contributed by atoms with E-state index in [2.05, 4.69) is 29.2 Å². The third-order valence-electron chi connectivity index (χ3n) is 3.90. The van der Waals surface area contributed by atoms with Crippen LogP contribution in [0.25, 0.3) is 11.0 Å². The molecule has 2 amide bonds. The second-order valence-electron chi connectivity index (χ2n) is 5.77. The third-order valence-corrected chi connectivity index (χ3v) is 3.90. The number of amides is 2. The third kappa shape index (κ3) is 2.30. The maximum atomic E-state index is 12.0. The molecule has 0 aliphatic carbocycles. The smallest absolute Gasteiger partial charge is 0.235 e. The Morgan fingerprint density at radius 2 is 2.10 bits per heavy atom. The number of nitrogens with zero attached hydrogens (tertiary/aromatic N) is 3. The van der Waals surface area contributed by atoms with Crippen molar-refractivity contribution in [3.8, 4) is 0 Å². The fourth-order valence-electron chi connectivity index (χ4n) is 2.71. The van der Waals surface area contributed by atoms with Crippen molar-refractivity contribution >= 4 is 22.8 Å². The highest BCUT2D eigenvalue weighted by atomic mass is 16.2. The molecule has 2 aromatic rings. The lowest BCUT2D eigenvalue weighted by Crippen LogP contribution is -2.39. The van der Waals surface area contributed by atoms with Crippen molar-refractivity contribution in [2.24, 2.45) is 7.05 Å². The average Bonchev–Trinajstić information content (AvgIpc) is 2.75. The van der Waals surface area contributed by atoms with Crippen LogP contribution >= 0.6 is 0 Å². The monoisotopic (exact) mass is 286 g/mol. The summed E-state index contributed by atoms with van der Waals surface area (Å²) < 4.78 is 1.71. The number of fused-ring (bicyclic) bond motifs is 1. The summed E-state index contributed by atoms with van der Waals surface area (Å²) in [6.45, 7) is 4.18. The molecule has 110 valence electrons. The van der Waals surface area contributed by atoms with Crippen molar-refractivity contribution in [3.05, 3.63) is 23.5 Å². The van der Waals surface area contributed by atoms with Gasteiger partial charge in [-0.15, -0.1) is 0 Å². The van der Waals surface area contributed by atoms with Crippen molar-refractivity contribution in [1.82, 2.24) is 20.1 Å². The Bertz CT molecular complexity index is 733. The lowest BCUT2D eigenvalue weighted by atomic mass is 9.93. The molecule has 0 aromatic carbocycles. The zero-order valence-electron chi connectivity index (χ0n) is 12.4. The summed E-state index contributed by atoms with van der Waals surface area (Å²) in [6, 6.07) is 3.95. The van der Waals surface area contributed by atoms with Gasteiger partial charge < -0.3 is 0 Å². The highest BCUT2D eigenvalue weighted by molar-refractivity contribution is 6.02. The molecular formula is C15H18N4O2. The quantitative estimate of drug-likeness (QED) is 0.851. The van der Waals surface area contributed by atoms with Gasteiger partial charge in [0.15, 0.2) is 5.65 Å². The largest absolute Gasteiger partial charge is 0.296 e. The molecular weight excluding hydrogens is 268 g/mol. The van der Waals surface area contributed by atoms with Gasteiger partial charge in [0.05, 0.1) is 11.6 Å². The molecule has 1 aliphatic heterocycles. The van der Waals surface area contributed by atoms with Gasteiger partial charge in [0.25, 0.3) is 0 Å². The molecule has 1 atom stereocenters. The summed E-state index contributed by atoms with van der Waals surface area (Å²) in [6.07, 6.45) is 0.856. The Kier molecular flexibility index (Phi) is 3.23. The molecule has 3 heterocycles. The predicted octanol–water partition coefficient (Wildman–Crippen LogP) is 1.61. The van der Waals surface area contributed by atoms with Gasteiger partial charge >= 0.3 is 0 Å². The van der Waals surface area contributed by atoms with Crippen molar-refractivity contribution in [1.29, 1.82) is 0 Å². The predicted molar refractivity (Wildman–Crippen MR) is 77.7 cm³/mol. The molecule has 1 unspecified atom stereocenters. The minimum atomic E-state index is -0.377. The summed E-state index contributed by atoms with van der Waals surface area (Å²) in [5.74, 6) is -0.516. The van der Waals surface area contributed by atoms with Crippen molar-refractivity contribution in [3.63, 3.8) is 0 Å². The molecule has 1 aliphatic rings. The average molecular weight is 286 g/mol. The van der Waals surface area contributed by atoms with Crippen LogP contribution in [-0.2, 0) is 16.6 Å². The molecule has 21 heavy (non-hydrogen) atoms. The summed E-state index contributed by atoms with van der Waals surface area (Å²) in [7, 11) is 1.83. The summed E-state index contributed by atoms with van der Waals surface area (Å²) in [5.41, 5.74) is 2.49. The van der Waals surface area contributed by atoms with Crippen LogP contribution in [0.5, 0.6) is 0 Å². The van der Waals surface area contributed by atoms with Crippen LogP contribution in [0.3, 0.4) is 0 Å². The highest BCUT2D eigenvalue weighted by Crippen LogP contribution is 2.30. The van der Waals surface area contributed by atoms with E-state index in [4.69, 9.17) is 0 Å². The maximum Gasteiger partial charge on any atom is 0.235 e. The summed E-state index contributed by atoms with van der Waals surface area (Å²) in [5, 5.41) is 7.74. The second-order valence-corrected chi connectivity index (χ2v) is 5.77. The number of hydrogen-bond donors (Lipinski definition) is 1. The number of imide groups is 1. The van der Waals surface area contributed by atoms with Gasteiger partial charge in [0.2, 0.25) is 11.8 Å². The van der Waals surface area contributed by atoms with E-state index in [1.54, 1.807) is 4.68 Å². The molecule has 1 saturated heterocycles. The van der Waals surface area contributed by atoms with E-state index in [-0.39, 0.29) is 17.7 Å². The van der Waals surface area contributed by atoms with Gasteiger partial charge in [-0.3, -0.25) is 19.6 Å². The molecule has 2 aromatic heterocycles. The Labute approximate surface area is 122 Å². The highest BCUT2D eigenvalue weighted by Gasteiger charge is 2.31. The Morgan fingerprint density at radius 3 is 2.76 bits per heavy atom. The Hall–Kier alpha value is -2.24. The van der Waals surface area contributed by atoms with E-state index in [1.165, 1.54) is 0 Å². The first kappa shape index (κ1) is 13.7. The normalized spacial score (nSPS) is 19.3. The van der Waals surface area contributed by atoms with Crippen LogP contribution in [0.1, 0.15) is 49.9 Å². The van der Waals surface area contributed by atoms with Gasteiger partial charge in [-0.05, 0) is 24.5 Å². The number of piperidine rings is 1. The maximum absolute atomic E-state index is 12.0. The van der Waals surface area contributed by atoms with Gasteiger partial charge in [-0.25, -0.2) is 4.98 Å². The fourth-order valence-corrected chi connectivity index (χ4v) is 2.71.